The summed E-state index contributed by atoms with van der Waals surface area (Å²) in [6, 6.07) is 10.5. The van der Waals surface area contributed by atoms with Crippen LogP contribution in [0.1, 0.15) is 37.3 Å². The van der Waals surface area contributed by atoms with Crippen molar-refractivity contribution in [1.29, 1.82) is 5.26 Å². The molecule has 1 aliphatic carbocycles. The minimum atomic E-state index is -0.820. The van der Waals surface area contributed by atoms with Crippen LogP contribution in [0, 0.1) is 17.2 Å². The Kier molecular flexibility index (Phi) is 3.49. The maximum atomic E-state index is 10.7. The summed E-state index contributed by atoms with van der Waals surface area (Å²) in [6.45, 7) is 2.06. The van der Waals surface area contributed by atoms with Crippen molar-refractivity contribution in [3.8, 4) is 6.07 Å². The average Bonchev–Trinajstić information content (AvgIpc) is 2.35. The monoisotopic (exact) mass is 229 g/mol. The molecule has 0 aromatic heterocycles. The van der Waals surface area contributed by atoms with Crippen LogP contribution in [-0.4, -0.2) is 10.7 Å². The molecule has 1 aromatic carbocycles. The van der Waals surface area contributed by atoms with Gasteiger partial charge in [0.05, 0.1) is 17.6 Å². The Hall–Kier alpha value is -1.33. The van der Waals surface area contributed by atoms with Gasteiger partial charge in [0.15, 0.2) is 0 Å². The number of benzene rings is 1. The number of rotatable bonds is 3. The summed E-state index contributed by atoms with van der Waals surface area (Å²) in [5.41, 5.74) is 1.71. The summed E-state index contributed by atoms with van der Waals surface area (Å²) in [6.07, 6.45) is 3.95. The molecule has 0 radical (unpaired) electrons. The molecule has 0 fully saturated rings. The van der Waals surface area contributed by atoms with E-state index in [1.54, 1.807) is 0 Å². The first-order chi connectivity index (χ1) is 8.19. The molecule has 1 N–H and O–H groups in total. The zero-order chi connectivity index (χ0) is 12.3. The maximum absolute atomic E-state index is 10.7. The molecule has 0 bridgehead atoms. The molecule has 1 aliphatic rings. The molecule has 2 heteroatoms. The van der Waals surface area contributed by atoms with Crippen LogP contribution in [0.25, 0.3) is 0 Å². The molecule has 0 saturated heterocycles. The lowest BCUT2D eigenvalue weighted by Crippen LogP contribution is -2.42. The summed E-state index contributed by atoms with van der Waals surface area (Å²) >= 11 is 0. The lowest BCUT2D eigenvalue weighted by atomic mass is 9.72. The molecule has 2 nitrogen and oxygen atoms in total. The Morgan fingerprint density at radius 1 is 1.41 bits per heavy atom. The van der Waals surface area contributed by atoms with Crippen molar-refractivity contribution in [3.05, 3.63) is 35.4 Å². The molecule has 17 heavy (non-hydrogen) atoms. The molecular weight excluding hydrogens is 210 g/mol. The normalized spacial score (nSPS) is 24.8. The first kappa shape index (κ1) is 12.1. The molecule has 0 heterocycles. The van der Waals surface area contributed by atoms with E-state index in [2.05, 4.69) is 25.1 Å². The summed E-state index contributed by atoms with van der Waals surface area (Å²) in [7, 11) is 0. The zero-order valence-corrected chi connectivity index (χ0v) is 10.3. The molecule has 0 spiro atoms. The Bertz CT molecular complexity index is 435. The van der Waals surface area contributed by atoms with Crippen LogP contribution in [0.4, 0.5) is 0 Å². The maximum Gasteiger partial charge on any atom is 0.0848 e. The van der Waals surface area contributed by atoms with Crippen LogP contribution in [0.5, 0.6) is 0 Å². The van der Waals surface area contributed by atoms with Gasteiger partial charge >= 0.3 is 0 Å². The number of hydrogen-bond acceptors (Lipinski definition) is 2. The van der Waals surface area contributed by atoms with E-state index in [1.165, 1.54) is 11.1 Å². The number of nitriles is 1. The van der Waals surface area contributed by atoms with Gasteiger partial charge < -0.3 is 5.11 Å². The second-order valence-corrected chi connectivity index (χ2v) is 5.02. The summed E-state index contributed by atoms with van der Waals surface area (Å²) < 4.78 is 0. The van der Waals surface area contributed by atoms with E-state index < -0.39 is 5.60 Å². The molecule has 2 atom stereocenters. The van der Waals surface area contributed by atoms with E-state index in [0.29, 0.717) is 12.8 Å². The number of fused-ring (bicyclic) bond motifs is 1. The van der Waals surface area contributed by atoms with Gasteiger partial charge in [0, 0.05) is 6.42 Å². The minimum Gasteiger partial charge on any atom is -0.388 e. The molecule has 0 aliphatic heterocycles. The lowest BCUT2D eigenvalue weighted by molar-refractivity contribution is -0.0134. The van der Waals surface area contributed by atoms with Crippen molar-refractivity contribution in [3.63, 3.8) is 0 Å². The van der Waals surface area contributed by atoms with E-state index >= 15 is 0 Å². The zero-order valence-electron chi connectivity index (χ0n) is 10.3. The van der Waals surface area contributed by atoms with Crippen LogP contribution in [0.3, 0.4) is 0 Å². The van der Waals surface area contributed by atoms with E-state index in [-0.39, 0.29) is 5.92 Å². The van der Waals surface area contributed by atoms with Crippen LogP contribution in [0.2, 0.25) is 0 Å². The van der Waals surface area contributed by atoms with Crippen molar-refractivity contribution in [2.75, 3.05) is 0 Å². The molecular formula is C15H19NO. The average molecular weight is 229 g/mol. The molecule has 0 amide bonds. The van der Waals surface area contributed by atoms with Gasteiger partial charge in [-0.3, -0.25) is 0 Å². The van der Waals surface area contributed by atoms with Crippen molar-refractivity contribution in [2.45, 2.75) is 44.6 Å². The van der Waals surface area contributed by atoms with E-state index in [0.717, 1.165) is 19.3 Å². The van der Waals surface area contributed by atoms with Crippen molar-refractivity contribution >= 4 is 0 Å². The fourth-order valence-corrected chi connectivity index (χ4v) is 2.78. The van der Waals surface area contributed by atoms with Gasteiger partial charge in [0.2, 0.25) is 0 Å². The number of nitrogens with zero attached hydrogens (tertiary/aromatic N) is 1. The third-order valence-electron chi connectivity index (χ3n) is 3.82. The lowest BCUT2D eigenvalue weighted by Gasteiger charge is -2.36. The number of hydrogen-bond donors (Lipinski definition) is 1. The largest absolute Gasteiger partial charge is 0.388 e. The van der Waals surface area contributed by atoms with Crippen molar-refractivity contribution in [1.82, 2.24) is 0 Å². The molecule has 2 rings (SSSR count). The van der Waals surface area contributed by atoms with Gasteiger partial charge in [-0.25, -0.2) is 0 Å². The minimum absolute atomic E-state index is 0.235. The van der Waals surface area contributed by atoms with E-state index in [9.17, 15) is 10.4 Å². The van der Waals surface area contributed by atoms with Crippen LogP contribution in [0.15, 0.2) is 24.3 Å². The predicted molar refractivity (Wildman–Crippen MR) is 67.4 cm³/mol. The Morgan fingerprint density at radius 3 is 2.76 bits per heavy atom. The Balaban J connectivity index is 2.23. The van der Waals surface area contributed by atoms with Gasteiger partial charge in [-0.05, 0) is 30.4 Å². The quantitative estimate of drug-likeness (QED) is 0.866. The predicted octanol–water partition coefficient (Wildman–Crippen LogP) is 2.85. The third kappa shape index (κ3) is 2.35. The number of aliphatic hydroxyl groups is 1. The van der Waals surface area contributed by atoms with Crippen molar-refractivity contribution in [2.24, 2.45) is 5.92 Å². The fourth-order valence-electron chi connectivity index (χ4n) is 2.78. The highest BCUT2D eigenvalue weighted by Crippen LogP contribution is 2.35. The van der Waals surface area contributed by atoms with E-state index in [1.807, 2.05) is 12.1 Å². The second-order valence-electron chi connectivity index (χ2n) is 5.02. The van der Waals surface area contributed by atoms with Crippen molar-refractivity contribution < 1.29 is 5.11 Å². The van der Waals surface area contributed by atoms with Crippen LogP contribution in [-0.2, 0) is 12.8 Å². The Labute approximate surface area is 103 Å². The summed E-state index contributed by atoms with van der Waals surface area (Å²) in [4.78, 5) is 0. The van der Waals surface area contributed by atoms with Crippen LogP contribution < -0.4 is 0 Å². The third-order valence-corrected chi connectivity index (χ3v) is 3.82. The van der Waals surface area contributed by atoms with E-state index in [4.69, 9.17) is 0 Å². The SMILES string of the molecule is CCCC(C#N)C1(O)CCc2ccccc2C1. The molecule has 0 saturated carbocycles. The standard InChI is InChI=1S/C15H19NO/c1-2-5-14(11-16)15(17)9-8-12-6-3-4-7-13(12)10-15/h3-4,6-7,14,17H,2,5,8-10H2,1H3. The van der Waals surface area contributed by atoms with Gasteiger partial charge in [-0.1, -0.05) is 37.6 Å². The fraction of sp³-hybridized carbons (Fsp3) is 0.533. The first-order valence-electron chi connectivity index (χ1n) is 6.38. The van der Waals surface area contributed by atoms with Crippen LogP contribution >= 0.6 is 0 Å². The molecule has 2 unspecified atom stereocenters. The van der Waals surface area contributed by atoms with Gasteiger partial charge in [-0.15, -0.1) is 0 Å². The summed E-state index contributed by atoms with van der Waals surface area (Å²) in [5, 5.41) is 19.9. The van der Waals surface area contributed by atoms with Gasteiger partial charge in [0.25, 0.3) is 0 Å². The van der Waals surface area contributed by atoms with Gasteiger partial charge in [-0.2, -0.15) is 5.26 Å². The smallest absolute Gasteiger partial charge is 0.0848 e. The number of aryl methyl sites for hydroxylation is 1. The Morgan fingerprint density at radius 2 is 2.12 bits per heavy atom. The first-order valence-corrected chi connectivity index (χ1v) is 6.38. The topological polar surface area (TPSA) is 44.0 Å². The molecule has 1 aromatic rings. The second kappa shape index (κ2) is 4.89. The summed E-state index contributed by atoms with van der Waals surface area (Å²) in [5.74, 6) is -0.235. The highest BCUT2D eigenvalue weighted by atomic mass is 16.3. The van der Waals surface area contributed by atoms with Gasteiger partial charge in [0.1, 0.15) is 0 Å². The highest BCUT2D eigenvalue weighted by molar-refractivity contribution is 5.32. The highest BCUT2D eigenvalue weighted by Gasteiger charge is 2.39. The molecule has 90 valence electrons.